The van der Waals surface area contributed by atoms with E-state index in [2.05, 4.69) is 23.0 Å². The summed E-state index contributed by atoms with van der Waals surface area (Å²) in [5.41, 5.74) is 1.15. The maximum Gasteiger partial charge on any atom is 0.151 e. The van der Waals surface area contributed by atoms with E-state index >= 15 is 0 Å². The zero-order valence-corrected chi connectivity index (χ0v) is 10.1. The third kappa shape index (κ3) is 1.74. The fraction of sp³-hybridized carbons (Fsp3) is 0.154. The number of hydrogen-bond acceptors (Lipinski definition) is 2. The van der Waals surface area contributed by atoms with Crippen LogP contribution in [0.25, 0.3) is 21.7 Å². The van der Waals surface area contributed by atoms with Crippen LogP contribution in [0, 0.1) is 5.82 Å². The van der Waals surface area contributed by atoms with Crippen LogP contribution in [0.1, 0.15) is 11.8 Å². The summed E-state index contributed by atoms with van der Waals surface area (Å²) in [4.78, 5) is 9.82. The van der Waals surface area contributed by atoms with Crippen molar-refractivity contribution in [3.63, 3.8) is 0 Å². The summed E-state index contributed by atoms with van der Waals surface area (Å²) in [6.07, 6.45) is 1.01. The van der Waals surface area contributed by atoms with E-state index in [9.17, 15) is 4.39 Å². The van der Waals surface area contributed by atoms with Crippen LogP contribution >= 0.6 is 11.3 Å². The number of para-hydroxylation sites is 1. The Kier molecular flexibility index (Phi) is 2.44. The van der Waals surface area contributed by atoms with Crippen LogP contribution in [0.15, 0.2) is 30.3 Å². The highest BCUT2D eigenvalue weighted by Crippen LogP contribution is 2.28. The number of imidazole rings is 1. The highest BCUT2D eigenvalue weighted by Gasteiger charge is 2.10. The van der Waals surface area contributed by atoms with Gasteiger partial charge in [-0.2, -0.15) is 0 Å². The van der Waals surface area contributed by atoms with Crippen LogP contribution in [-0.2, 0) is 6.42 Å². The number of halogens is 1. The van der Waals surface area contributed by atoms with E-state index in [4.69, 9.17) is 0 Å². The van der Waals surface area contributed by atoms with Crippen LogP contribution in [0.4, 0.5) is 4.39 Å². The van der Waals surface area contributed by atoms with E-state index in [1.807, 2.05) is 12.1 Å². The van der Waals surface area contributed by atoms with Crippen LogP contribution < -0.4 is 0 Å². The van der Waals surface area contributed by atoms with Crippen LogP contribution in [0.2, 0.25) is 0 Å². The second-order valence-electron chi connectivity index (χ2n) is 3.84. The normalized spacial score (nSPS) is 11.2. The molecule has 3 rings (SSSR count). The van der Waals surface area contributed by atoms with Gasteiger partial charge in [0, 0.05) is 4.88 Å². The summed E-state index contributed by atoms with van der Waals surface area (Å²) in [6.45, 7) is 2.12. The molecule has 2 aromatic heterocycles. The number of benzene rings is 1. The second kappa shape index (κ2) is 3.96. The minimum atomic E-state index is -0.280. The van der Waals surface area contributed by atoms with Crippen molar-refractivity contribution in [3.05, 3.63) is 41.0 Å². The van der Waals surface area contributed by atoms with Gasteiger partial charge < -0.3 is 4.98 Å². The maximum absolute atomic E-state index is 13.5. The van der Waals surface area contributed by atoms with Crippen LogP contribution in [0.3, 0.4) is 0 Å². The lowest BCUT2D eigenvalue weighted by Crippen LogP contribution is -1.75. The lowest BCUT2D eigenvalue weighted by atomic mass is 10.3. The quantitative estimate of drug-likeness (QED) is 0.727. The van der Waals surface area contributed by atoms with Crippen molar-refractivity contribution in [2.75, 3.05) is 0 Å². The van der Waals surface area contributed by atoms with Crippen molar-refractivity contribution >= 4 is 22.4 Å². The molecule has 0 aliphatic rings. The van der Waals surface area contributed by atoms with Gasteiger partial charge in [-0.1, -0.05) is 13.0 Å². The summed E-state index contributed by atoms with van der Waals surface area (Å²) in [5, 5.41) is 0. The Morgan fingerprint density at radius 3 is 2.88 bits per heavy atom. The standard InChI is InChI=1S/C13H11FN2S/c1-2-8-6-7-11(17-8)13-15-10-5-3-4-9(14)12(10)16-13/h3-7H,2H2,1H3,(H,15,16). The number of aryl methyl sites for hydroxylation is 1. The Balaban J connectivity index is 2.14. The fourth-order valence-corrected chi connectivity index (χ4v) is 2.70. The number of nitrogens with one attached hydrogen (secondary N) is 1. The molecule has 3 aromatic rings. The summed E-state index contributed by atoms with van der Waals surface area (Å²) < 4.78 is 13.5. The molecule has 4 heteroatoms. The summed E-state index contributed by atoms with van der Waals surface area (Å²) >= 11 is 1.69. The highest BCUT2D eigenvalue weighted by atomic mass is 32.1. The Hall–Kier alpha value is -1.68. The first kappa shape index (κ1) is 10.5. The van der Waals surface area contributed by atoms with Crippen LogP contribution in [0.5, 0.6) is 0 Å². The summed E-state index contributed by atoms with van der Waals surface area (Å²) in [7, 11) is 0. The number of fused-ring (bicyclic) bond motifs is 1. The molecule has 0 radical (unpaired) electrons. The Labute approximate surface area is 102 Å². The number of aromatic amines is 1. The van der Waals surface area contributed by atoms with Gasteiger partial charge in [-0.3, -0.25) is 0 Å². The average molecular weight is 246 g/mol. The Morgan fingerprint density at radius 1 is 1.29 bits per heavy atom. The molecule has 0 amide bonds. The number of H-pyrrole nitrogens is 1. The number of aromatic nitrogens is 2. The monoisotopic (exact) mass is 246 g/mol. The van der Waals surface area contributed by atoms with E-state index in [1.54, 1.807) is 17.4 Å². The minimum Gasteiger partial charge on any atom is -0.337 e. The summed E-state index contributed by atoms with van der Waals surface area (Å²) in [5.74, 6) is 0.465. The molecule has 0 spiro atoms. The molecule has 86 valence electrons. The van der Waals surface area contributed by atoms with Gasteiger partial charge in [0.05, 0.1) is 10.4 Å². The molecular weight excluding hydrogens is 235 g/mol. The van der Waals surface area contributed by atoms with Gasteiger partial charge in [0.2, 0.25) is 0 Å². The smallest absolute Gasteiger partial charge is 0.151 e. The molecule has 1 N–H and O–H groups in total. The van der Waals surface area contributed by atoms with Gasteiger partial charge in [0.15, 0.2) is 5.82 Å². The van der Waals surface area contributed by atoms with Gasteiger partial charge in [-0.15, -0.1) is 11.3 Å². The van der Waals surface area contributed by atoms with Gasteiger partial charge in [0.1, 0.15) is 11.3 Å². The van der Waals surface area contributed by atoms with Crippen molar-refractivity contribution in [2.24, 2.45) is 0 Å². The van der Waals surface area contributed by atoms with E-state index in [0.29, 0.717) is 5.52 Å². The molecule has 0 saturated carbocycles. The molecule has 0 saturated heterocycles. The molecule has 1 aromatic carbocycles. The molecule has 0 bridgehead atoms. The zero-order valence-electron chi connectivity index (χ0n) is 9.33. The number of rotatable bonds is 2. The lowest BCUT2D eigenvalue weighted by Gasteiger charge is -1.88. The predicted octanol–water partition coefficient (Wildman–Crippen LogP) is 3.99. The third-order valence-electron chi connectivity index (χ3n) is 2.71. The van der Waals surface area contributed by atoms with E-state index in [0.717, 1.165) is 22.6 Å². The highest BCUT2D eigenvalue weighted by molar-refractivity contribution is 7.15. The van der Waals surface area contributed by atoms with Gasteiger partial charge in [-0.05, 0) is 30.7 Å². The topological polar surface area (TPSA) is 28.7 Å². The van der Waals surface area contributed by atoms with E-state index in [-0.39, 0.29) is 5.82 Å². The molecular formula is C13H11FN2S. The SMILES string of the molecule is CCc1ccc(-c2nc3c(F)cccc3[nH]2)s1. The molecule has 17 heavy (non-hydrogen) atoms. The second-order valence-corrected chi connectivity index (χ2v) is 5.01. The zero-order chi connectivity index (χ0) is 11.8. The van der Waals surface area contributed by atoms with Crippen molar-refractivity contribution in [2.45, 2.75) is 13.3 Å². The first-order valence-corrected chi connectivity index (χ1v) is 6.33. The first-order valence-electron chi connectivity index (χ1n) is 5.51. The minimum absolute atomic E-state index is 0.280. The first-order chi connectivity index (χ1) is 8.28. The van der Waals surface area contributed by atoms with E-state index in [1.165, 1.54) is 10.9 Å². The predicted molar refractivity (Wildman–Crippen MR) is 68.7 cm³/mol. The largest absolute Gasteiger partial charge is 0.337 e. The third-order valence-corrected chi connectivity index (χ3v) is 3.94. The van der Waals surface area contributed by atoms with Crippen LogP contribution in [-0.4, -0.2) is 9.97 Å². The molecule has 0 aliphatic carbocycles. The molecule has 2 heterocycles. The number of nitrogens with zero attached hydrogens (tertiary/aromatic N) is 1. The van der Waals surface area contributed by atoms with Crippen molar-refractivity contribution < 1.29 is 4.39 Å². The van der Waals surface area contributed by atoms with E-state index < -0.39 is 0 Å². The molecule has 2 nitrogen and oxygen atoms in total. The fourth-order valence-electron chi connectivity index (χ4n) is 1.81. The number of hydrogen-bond donors (Lipinski definition) is 1. The van der Waals surface area contributed by atoms with Crippen molar-refractivity contribution in [1.82, 2.24) is 9.97 Å². The summed E-state index contributed by atoms with van der Waals surface area (Å²) in [6, 6.07) is 9.07. The average Bonchev–Trinajstić information content (AvgIpc) is 2.95. The van der Waals surface area contributed by atoms with Gasteiger partial charge in [0.25, 0.3) is 0 Å². The van der Waals surface area contributed by atoms with Crippen molar-refractivity contribution in [3.8, 4) is 10.7 Å². The molecule has 0 unspecified atom stereocenters. The Morgan fingerprint density at radius 2 is 2.18 bits per heavy atom. The van der Waals surface area contributed by atoms with Crippen molar-refractivity contribution in [1.29, 1.82) is 0 Å². The molecule has 0 aliphatic heterocycles. The number of thiophene rings is 1. The van der Waals surface area contributed by atoms with Gasteiger partial charge in [-0.25, -0.2) is 9.37 Å². The lowest BCUT2D eigenvalue weighted by molar-refractivity contribution is 0.637. The van der Waals surface area contributed by atoms with Gasteiger partial charge >= 0.3 is 0 Å². The molecule has 0 atom stereocenters. The Bertz CT molecular complexity index is 669. The maximum atomic E-state index is 13.5. The molecule has 0 fully saturated rings.